The van der Waals surface area contributed by atoms with Gasteiger partial charge in [-0.25, -0.2) is 0 Å². The molecule has 24 heavy (non-hydrogen) atoms. The normalized spacial score (nSPS) is 17.2. The van der Waals surface area contributed by atoms with Gasteiger partial charge in [0.1, 0.15) is 0 Å². The monoisotopic (exact) mass is 341 g/mol. The van der Waals surface area contributed by atoms with Crippen LogP contribution in [0.15, 0.2) is 48.5 Å². The Kier molecular flexibility index (Phi) is 6.08. The molecule has 2 aromatic rings. The van der Waals surface area contributed by atoms with Crippen molar-refractivity contribution >= 4 is 23.8 Å². The van der Waals surface area contributed by atoms with Crippen LogP contribution in [0.5, 0.6) is 0 Å². The van der Waals surface area contributed by atoms with E-state index in [1.54, 1.807) is 0 Å². The standard InChI is InChI=1S/C21H24ClNO/c22-20-12-8-18(9-13-20)5-4-17-6-10-19(11-7-17)21(24)16-23-14-2-1-3-15-23/h4-13,21,24H,1-3,14-16H2/b5-4+/t21-/m1/s1. The van der Waals surface area contributed by atoms with Crippen LogP contribution >= 0.6 is 11.6 Å². The maximum Gasteiger partial charge on any atom is 0.0916 e. The highest BCUT2D eigenvalue weighted by Gasteiger charge is 2.15. The summed E-state index contributed by atoms with van der Waals surface area (Å²) in [4.78, 5) is 2.36. The highest BCUT2D eigenvalue weighted by Crippen LogP contribution is 2.19. The van der Waals surface area contributed by atoms with E-state index in [4.69, 9.17) is 11.6 Å². The average Bonchev–Trinajstić information content (AvgIpc) is 2.62. The largest absolute Gasteiger partial charge is 0.387 e. The lowest BCUT2D eigenvalue weighted by Gasteiger charge is -2.28. The molecular formula is C21H24ClNO. The van der Waals surface area contributed by atoms with E-state index < -0.39 is 6.10 Å². The lowest BCUT2D eigenvalue weighted by Crippen LogP contribution is -2.33. The maximum atomic E-state index is 10.4. The number of nitrogens with zero attached hydrogens (tertiary/aromatic N) is 1. The summed E-state index contributed by atoms with van der Waals surface area (Å²) >= 11 is 5.89. The van der Waals surface area contributed by atoms with Gasteiger partial charge in [0.15, 0.2) is 0 Å². The number of aliphatic hydroxyl groups is 1. The topological polar surface area (TPSA) is 23.5 Å². The second-order valence-corrected chi connectivity index (χ2v) is 6.87. The third kappa shape index (κ3) is 4.94. The fraction of sp³-hybridized carbons (Fsp3) is 0.333. The highest BCUT2D eigenvalue weighted by molar-refractivity contribution is 6.30. The Bertz CT molecular complexity index is 657. The van der Waals surface area contributed by atoms with Crippen molar-refractivity contribution in [1.29, 1.82) is 0 Å². The van der Waals surface area contributed by atoms with Crippen LogP contribution in [0.25, 0.3) is 12.2 Å². The second-order valence-electron chi connectivity index (χ2n) is 6.43. The number of halogens is 1. The Morgan fingerprint density at radius 3 is 2.00 bits per heavy atom. The molecule has 3 rings (SSSR count). The molecule has 0 saturated carbocycles. The van der Waals surface area contributed by atoms with Crippen molar-refractivity contribution in [3.8, 4) is 0 Å². The summed E-state index contributed by atoms with van der Waals surface area (Å²) in [6.07, 6.45) is 7.56. The van der Waals surface area contributed by atoms with Crippen molar-refractivity contribution in [1.82, 2.24) is 4.90 Å². The van der Waals surface area contributed by atoms with E-state index >= 15 is 0 Å². The number of hydrogen-bond donors (Lipinski definition) is 1. The Morgan fingerprint density at radius 1 is 0.875 bits per heavy atom. The molecule has 2 nitrogen and oxygen atoms in total. The molecule has 1 heterocycles. The fourth-order valence-corrected chi connectivity index (χ4v) is 3.21. The van der Waals surface area contributed by atoms with Gasteiger partial charge in [0.25, 0.3) is 0 Å². The Balaban J connectivity index is 1.59. The van der Waals surface area contributed by atoms with Crippen molar-refractivity contribution in [3.63, 3.8) is 0 Å². The highest BCUT2D eigenvalue weighted by atomic mass is 35.5. The van der Waals surface area contributed by atoms with Crippen LogP contribution in [0.4, 0.5) is 0 Å². The van der Waals surface area contributed by atoms with Crippen LogP contribution in [-0.4, -0.2) is 29.6 Å². The molecule has 1 saturated heterocycles. The van der Waals surface area contributed by atoms with E-state index in [1.165, 1.54) is 19.3 Å². The molecule has 0 aromatic heterocycles. The third-order valence-corrected chi connectivity index (χ3v) is 4.79. The van der Waals surface area contributed by atoms with Gasteiger partial charge in [0.05, 0.1) is 6.10 Å². The summed E-state index contributed by atoms with van der Waals surface area (Å²) in [7, 11) is 0. The van der Waals surface area contributed by atoms with E-state index in [2.05, 4.69) is 29.2 Å². The predicted octanol–water partition coefficient (Wildman–Crippen LogP) is 5.03. The summed E-state index contributed by atoms with van der Waals surface area (Å²) < 4.78 is 0. The quantitative estimate of drug-likeness (QED) is 0.771. The zero-order valence-electron chi connectivity index (χ0n) is 13.9. The Hall–Kier alpha value is -1.61. The number of hydrogen-bond acceptors (Lipinski definition) is 2. The molecule has 0 spiro atoms. The van der Waals surface area contributed by atoms with Gasteiger partial charge in [-0.1, -0.05) is 66.6 Å². The third-order valence-electron chi connectivity index (χ3n) is 4.54. The average molecular weight is 342 g/mol. The molecule has 1 fully saturated rings. The number of aliphatic hydroxyl groups excluding tert-OH is 1. The molecule has 126 valence electrons. The Labute approximate surface area is 149 Å². The molecule has 1 aliphatic heterocycles. The summed E-state index contributed by atoms with van der Waals surface area (Å²) in [5, 5.41) is 11.2. The van der Waals surface area contributed by atoms with Gasteiger partial charge in [-0.05, 0) is 54.8 Å². The van der Waals surface area contributed by atoms with Crippen molar-refractivity contribution in [3.05, 3.63) is 70.2 Å². The van der Waals surface area contributed by atoms with Crippen LogP contribution in [0.2, 0.25) is 5.02 Å². The minimum Gasteiger partial charge on any atom is -0.387 e. The van der Waals surface area contributed by atoms with E-state index in [1.807, 2.05) is 36.4 Å². The van der Waals surface area contributed by atoms with Gasteiger partial charge in [-0.3, -0.25) is 0 Å². The van der Waals surface area contributed by atoms with E-state index in [9.17, 15) is 5.11 Å². The fourth-order valence-electron chi connectivity index (χ4n) is 3.09. The van der Waals surface area contributed by atoms with E-state index in [0.717, 1.165) is 41.3 Å². The van der Waals surface area contributed by atoms with E-state index in [0.29, 0.717) is 0 Å². The molecule has 1 N–H and O–H groups in total. The predicted molar refractivity (Wildman–Crippen MR) is 102 cm³/mol. The van der Waals surface area contributed by atoms with Crippen molar-refractivity contribution in [2.75, 3.05) is 19.6 Å². The van der Waals surface area contributed by atoms with Gasteiger partial charge in [-0.2, -0.15) is 0 Å². The first kappa shape index (κ1) is 17.2. The number of β-amino-alcohol motifs (C(OH)–C–C–N with tert-alkyl or cyclic N) is 1. The lowest BCUT2D eigenvalue weighted by atomic mass is 10.0. The minimum absolute atomic E-state index is 0.405. The van der Waals surface area contributed by atoms with Gasteiger partial charge < -0.3 is 10.0 Å². The molecule has 3 heteroatoms. The zero-order chi connectivity index (χ0) is 16.8. The van der Waals surface area contributed by atoms with Crippen molar-refractivity contribution in [2.45, 2.75) is 25.4 Å². The summed E-state index contributed by atoms with van der Waals surface area (Å²) in [6, 6.07) is 15.9. The zero-order valence-corrected chi connectivity index (χ0v) is 14.6. The van der Waals surface area contributed by atoms with Gasteiger partial charge >= 0.3 is 0 Å². The van der Waals surface area contributed by atoms with Gasteiger partial charge in [-0.15, -0.1) is 0 Å². The molecule has 0 radical (unpaired) electrons. The van der Waals surface area contributed by atoms with E-state index in [-0.39, 0.29) is 0 Å². The summed E-state index contributed by atoms with van der Waals surface area (Å²) in [6.45, 7) is 2.96. The van der Waals surface area contributed by atoms with Crippen LogP contribution < -0.4 is 0 Å². The molecule has 0 aliphatic carbocycles. The summed E-state index contributed by atoms with van der Waals surface area (Å²) in [5.41, 5.74) is 3.23. The number of likely N-dealkylation sites (tertiary alicyclic amines) is 1. The minimum atomic E-state index is -0.405. The first-order valence-electron chi connectivity index (χ1n) is 8.65. The van der Waals surface area contributed by atoms with Gasteiger partial charge in [0.2, 0.25) is 0 Å². The lowest BCUT2D eigenvalue weighted by molar-refractivity contribution is 0.101. The SMILES string of the molecule is O[C@H](CN1CCCCC1)c1ccc(/C=C/c2ccc(Cl)cc2)cc1. The molecule has 2 aromatic carbocycles. The molecule has 0 unspecified atom stereocenters. The molecule has 0 bridgehead atoms. The maximum absolute atomic E-state index is 10.4. The van der Waals surface area contributed by atoms with Crippen molar-refractivity contribution in [2.24, 2.45) is 0 Å². The van der Waals surface area contributed by atoms with Crippen LogP contribution in [-0.2, 0) is 0 Å². The van der Waals surface area contributed by atoms with Crippen LogP contribution in [0.1, 0.15) is 42.1 Å². The first-order chi connectivity index (χ1) is 11.7. The Morgan fingerprint density at radius 2 is 1.42 bits per heavy atom. The smallest absolute Gasteiger partial charge is 0.0916 e. The second kappa shape index (κ2) is 8.48. The number of benzene rings is 2. The summed E-state index contributed by atoms with van der Waals surface area (Å²) in [5.74, 6) is 0. The van der Waals surface area contributed by atoms with Crippen molar-refractivity contribution < 1.29 is 5.11 Å². The molecule has 1 aliphatic rings. The van der Waals surface area contributed by atoms with Crippen LogP contribution in [0, 0.1) is 0 Å². The van der Waals surface area contributed by atoms with Crippen LogP contribution in [0.3, 0.4) is 0 Å². The molecule has 1 atom stereocenters. The number of piperidine rings is 1. The molecule has 0 amide bonds. The number of rotatable bonds is 5. The first-order valence-corrected chi connectivity index (χ1v) is 9.02. The molecular weight excluding hydrogens is 318 g/mol. The van der Waals surface area contributed by atoms with Gasteiger partial charge in [0, 0.05) is 11.6 Å².